The molecule has 8 heteroatoms. The Morgan fingerprint density at radius 3 is 2.39 bits per heavy atom. The number of nitrogens with one attached hydrogen (secondary N) is 2. The second-order valence-electron chi connectivity index (χ2n) is 6.99. The molecule has 0 aromatic heterocycles. The lowest BCUT2D eigenvalue weighted by atomic mass is 9.92. The molecule has 0 heterocycles. The van der Waals surface area contributed by atoms with Crippen LogP contribution in [0.1, 0.15) is 39.6 Å². The van der Waals surface area contributed by atoms with Gasteiger partial charge < -0.3 is 14.8 Å². The van der Waals surface area contributed by atoms with Gasteiger partial charge in [-0.3, -0.25) is 19.6 Å². The highest BCUT2D eigenvalue weighted by atomic mass is 16.7. The molecule has 2 rings (SSSR count). The molecule has 0 spiro atoms. The van der Waals surface area contributed by atoms with Crippen LogP contribution in [0.25, 0.3) is 0 Å². The zero-order valence-electron chi connectivity index (χ0n) is 17.5. The van der Waals surface area contributed by atoms with Gasteiger partial charge in [-0.1, -0.05) is 42.5 Å². The van der Waals surface area contributed by atoms with E-state index in [1.807, 2.05) is 37.3 Å². The second-order valence-corrected chi connectivity index (χ2v) is 6.99. The number of benzene rings is 2. The number of amides is 2. The van der Waals surface area contributed by atoms with Crippen molar-refractivity contribution in [3.8, 4) is 0 Å². The van der Waals surface area contributed by atoms with Crippen LogP contribution in [-0.4, -0.2) is 49.4 Å². The van der Waals surface area contributed by atoms with Crippen LogP contribution in [0.2, 0.25) is 0 Å². The first-order valence-electron chi connectivity index (χ1n) is 10.1. The third-order valence-corrected chi connectivity index (χ3v) is 4.71. The summed E-state index contributed by atoms with van der Waals surface area (Å²) >= 11 is 0. The molecule has 0 radical (unpaired) electrons. The van der Waals surface area contributed by atoms with Gasteiger partial charge in [-0.15, -0.1) is 0 Å². The van der Waals surface area contributed by atoms with Crippen molar-refractivity contribution in [3.05, 3.63) is 71.3 Å². The summed E-state index contributed by atoms with van der Waals surface area (Å²) in [6.07, 6.45) is 1.33. The first-order valence-corrected chi connectivity index (χ1v) is 10.1. The lowest BCUT2D eigenvalue weighted by Crippen LogP contribution is -2.42. The zero-order valence-corrected chi connectivity index (χ0v) is 17.5. The second kappa shape index (κ2) is 13.3. The van der Waals surface area contributed by atoms with E-state index in [0.717, 1.165) is 5.56 Å². The van der Waals surface area contributed by atoms with Crippen LogP contribution >= 0.6 is 0 Å². The van der Waals surface area contributed by atoms with Gasteiger partial charge in [-0.05, 0) is 37.5 Å². The lowest BCUT2D eigenvalue weighted by molar-refractivity contribution is -0.134. The maximum atomic E-state index is 12.7. The average molecular weight is 428 g/mol. The maximum absolute atomic E-state index is 12.7. The van der Waals surface area contributed by atoms with Gasteiger partial charge in [-0.25, -0.2) is 5.48 Å². The summed E-state index contributed by atoms with van der Waals surface area (Å²) in [5.74, 6) is -1.49. The standard InChI is InChI=1S/C23H28N2O6/c1-2-30-16-31-15-21(24-22(27)19-10-8-18(14-26)9-11-19)13-20(23(28)25-29)12-17-6-4-3-5-7-17/h3-11,14,20-21,29H,2,12-13,15-16H2,1H3,(H,24,27)(H,25,28)/t20-,21-/m0/s1. The Balaban J connectivity index is 2.11. The number of ether oxygens (including phenoxy) is 2. The van der Waals surface area contributed by atoms with E-state index < -0.39 is 17.9 Å². The van der Waals surface area contributed by atoms with Gasteiger partial charge >= 0.3 is 0 Å². The molecule has 0 saturated heterocycles. The quantitative estimate of drug-likeness (QED) is 0.148. The SMILES string of the molecule is CCOCOC[C@H](C[C@H](Cc1ccccc1)C(=O)NO)NC(=O)c1ccc(C=O)cc1. The van der Waals surface area contributed by atoms with Gasteiger partial charge in [0, 0.05) is 23.7 Å². The molecular weight excluding hydrogens is 400 g/mol. The van der Waals surface area contributed by atoms with E-state index in [9.17, 15) is 19.6 Å². The van der Waals surface area contributed by atoms with Crippen LogP contribution < -0.4 is 10.8 Å². The van der Waals surface area contributed by atoms with Crippen molar-refractivity contribution >= 4 is 18.1 Å². The largest absolute Gasteiger partial charge is 0.356 e. The first kappa shape index (κ1) is 24.2. The summed E-state index contributed by atoms with van der Waals surface area (Å²) in [5, 5.41) is 12.1. The van der Waals surface area contributed by atoms with Crippen molar-refractivity contribution in [2.45, 2.75) is 25.8 Å². The number of hydrogen-bond donors (Lipinski definition) is 3. The Labute approximate surface area is 181 Å². The van der Waals surface area contributed by atoms with Crippen LogP contribution in [0.4, 0.5) is 0 Å². The van der Waals surface area contributed by atoms with Gasteiger partial charge in [0.2, 0.25) is 5.91 Å². The summed E-state index contributed by atoms with van der Waals surface area (Å²) in [7, 11) is 0. The normalized spacial score (nSPS) is 12.6. The number of rotatable bonds is 13. The summed E-state index contributed by atoms with van der Waals surface area (Å²) in [4.78, 5) is 35.8. The van der Waals surface area contributed by atoms with E-state index in [4.69, 9.17) is 9.47 Å². The van der Waals surface area contributed by atoms with E-state index in [1.165, 1.54) is 0 Å². The van der Waals surface area contributed by atoms with Crippen molar-refractivity contribution < 1.29 is 29.1 Å². The van der Waals surface area contributed by atoms with Crippen molar-refractivity contribution in [1.29, 1.82) is 0 Å². The topological polar surface area (TPSA) is 114 Å². The Bertz CT molecular complexity index is 826. The highest BCUT2D eigenvalue weighted by Crippen LogP contribution is 2.16. The minimum absolute atomic E-state index is 0.0620. The van der Waals surface area contributed by atoms with Gasteiger partial charge in [-0.2, -0.15) is 0 Å². The summed E-state index contributed by atoms with van der Waals surface area (Å²) in [5.41, 5.74) is 3.50. The number of hydrogen-bond acceptors (Lipinski definition) is 6. The molecule has 31 heavy (non-hydrogen) atoms. The predicted molar refractivity (Wildman–Crippen MR) is 114 cm³/mol. The Morgan fingerprint density at radius 2 is 1.77 bits per heavy atom. The fraction of sp³-hybridized carbons (Fsp3) is 0.348. The Hall–Kier alpha value is -3.07. The number of carbonyl (C=O) groups is 3. The molecule has 0 aliphatic rings. The van der Waals surface area contributed by atoms with Gasteiger partial charge in [0.25, 0.3) is 5.91 Å². The highest BCUT2D eigenvalue weighted by Gasteiger charge is 2.25. The minimum atomic E-state index is -0.592. The molecule has 0 aliphatic carbocycles. The van der Waals surface area contributed by atoms with Gasteiger partial charge in [0.1, 0.15) is 13.1 Å². The number of hydroxylamine groups is 1. The molecule has 3 N–H and O–H groups in total. The van der Waals surface area contributed by atoms with Crippen LogP contribution in [0.3, 0.4) is 0 Å². The molecule has 2 amide bonds. The molecule has 2 aromatic rings. The van der Waals surface area contributed by atoms with Gasteiger partial charge in [0.15, 0.2) is 0 Å². The van der Waals surface area contributed by atoms with Crippen molar-refractivity contribution in [3.63, 3.8) is 0 Å². The summed E-state index contributed by atoms with van der Waals surface area (Å²) in [6.45, 7) is 2.52. The fourth-order valence-corrected chi connectivity index (χ4v) is 3.10. The van der Waals surface area contributed by atoms with Crippen molar-refractivity contribution in [2.24, 2.45) is 5.92 Å². The summed E-state index contributed by atoms with van der Waals surface area (Å²) in [6, 6.07) is 15.1. The molecule has 0 unspecified atom stereocenters. The fourth-order valence-electron chi connectivity index (χ4n) is 3.10. The minimum Gasteiger partial charge on any atom is -0.356 e. The van der Waals surface area contributed by atoms with Crippen molar-refractivity contribution in [1.82, 2.24) is 10.8 Å². The van der Waals surface area contributed by atoms with Crippen LogP contribution in [0, 0.1) is 5.92 Å². The monoisotopic (exact) mass is 428 g/mol. The van der Waals surface area contributed by atoms with E-state index >= 15 is 0 Å². The average Bonchev–Trinajstić information content (AvgIpc) is 2.81. The van der Waals surface area contributed by atoms with E-state index in [2.05, 4.69) is 5.32 Å². The molecule has 0 aliphatic heterocycles. The smallest absolute Gasteiger partial charge is 0.251 e. The van der Waals surface area contributed by atoms with E-state index in [0.29, 0.717) is 30.4 Å². The molecule has 166 valence electrons. The third kappa shape index (κ3) is 8.29. The molecule has 0 fully saturated rings. The third-order valence-electron chi connectivity index (χ3n) is 4.71. The van der Waals surface area contributed by atoms with E-state index in [-0.39, 0.29) is 25.7 Å². The van der Waals surface area contributed by atoms with Gasteiger partial charge in [0.05, 0.1) is 12.6 Å². The molecule has 0 bridgehead atoms. The van der Waals surface area contributed by atoms with Crippen LogP contribution in [0.5, 0.6) is 0 Å². The predicted octanol–water partition coefficient (Wildman–Crippen LogP) is 2.36. The van der Waals surface area contributed by atoms with Crippen LogP contribution in [0.15, 0.2) is 54.6 Å². The zero-order chi connectivity index (χ0) is 22.5. The number of aldehydes is 1. The maximum Gasteiger partial charge on any atom is 0.251 e. The molecule has 8 nitrogen and oxygen atoms in total. The Morgan fingerprint density at radius 1 is 1.06 bits per heavy atom. The Kier molecular flexibility index (Phi) is 10.4. The summed E-state index contributed by atoms with van der Waals surface area (Å²) < 4.78 is 10.7. The van der Waals surface area contributed by atoms with E-state index in [1.54, 1.807) is 29.7 Å². The number of carbonyl (C=O) groups excluding carboxylic acids is 3. The molecule has 2 aromatic carbocycles. The first-order chi connectivity index (χ1) is 15.1. The lowest BCUT2D eigenvalue weighted by Gasteiger charge is -2.24. The van der Waals surface area contributed by atoms with Crippen LogP contribution in [-0.2, 0) is 20.7 Å². The molecular formula is C23H28N2O6. The molecule has 2 atom stereocenters. The molecule has 0 saturated carbocycles. The van der Waals surface area contributed by atoms with Crippen molar-refractivity contribution in [2.75, 3.05) is 20.0 Å². The highest BCUT2D eigenvalue weighted by molar-refractivity contribution is 5.95.